The van der Waals surface area contributed by atoms with E-state index in [2.05, 4.69) is 10.3 Å². The van der Waals surface area contributed by atoms with E-state index in [4.69, 9.17) is 16.3 Å². The highest BCUT2D eigenvalue weighted by molar-refractivity contribution is 7.89. The lowest BCUT2D eigenvalue weighted by Gasteiger charge is -2.26. The molecule has 3 aromatic rings. The number of ether oxygens (including phenoxy) is 1. The summed E-state index contributed by atoms with van der Waals surface area (Å²) in [6, 6.07) is 8.94. The molecule has 176 valence electrons. The zero-order chi connectivity index (χ0) is 23.6. The summed E-state index contributed by atoms with van der Waals surface area (Å²) in [6.07, 6.45) is 0.402. The van der Waals surface area contributed by atoms with Gasteiger partial charge in [0.25, 0.3) is 0 Å². The number of imidazole rings is 1. The van der Waals surface area contributed by atoms with Crippen molar-refractivity contribution in [3.8, 4) is 0 Å². The molecular weight excluding hydrogens is 471 g/mol. The molecule has 0 saturated carbocycles. The molecule has 2 heterocycles. The van der Waals surface area contributed by atoms with Crippen molar-refractivity contribution >= 4 is 44.3 Å². The Morgan fingerprint density at radius 2 is 1.97 bits per heavy atom. The van der Waals surface area contributed by atoms with Crippen LogP contribution in [0.1, 0.15) is 19.2 Å². The van der Waals surface area contributed by atoms with Crippen LogP contribution in [0.5, 0.6) is 0 Å². The quantitative estimate of drug-likeness (QED) is 0.543. The van der Waals surface area contributed by atoms with Crippen LogP contribution in [0.3, 0.4) is 0 Å². The van der Waals surface area contributed by atoms with E-state index in [1.165, 1.54) is 16.4 Å². The SMILES string of the molecule is CCn1c(CCC(=O)Nc2ccc(Cl)cc2F)nc2cc(S(=O)(=O)N3CCOCC3)ccc21. The normalized spacial score (nSPS) is 15.1. The van der Waals surface area contributed by atoms with Gasteiger partial charge in [0.2, 0.25) is 15.9 Å². The summed E-state index contributed by atoms with van der Waals surface area (Å²) in [5.41, 5.74) is 1.40. The van der Waals surface area contributed by atoms with Crippen molar-refractivity contribution in [2.45, 2.75) is 31.2 Å². The zero-order valence-electron chi connectivity index (χ0n) is 18.1. The van der Waals surface area contributed by atoms with Crippen LogP contribution in [0.25, 0.3) is 11.0 Å². The molecule has 0 unspecified atom stereocenters. The number of fused-ring (bicyclic) bond motifs is 1. The third-order valence-electron chi connectivity index (χ3n) is 5.50. The molecule has 11 heteroatoms. The molecule has 2 aromatic carbocycles. The lowest BCUT2D eigenvalue weighted by Crippen LogP contribution is -2.40. The number of hydrogen-bond donors (Lipinski definition) is 1. The molecule has 1 amide bonds. The number of carbonyl (C=O) groups is 1. The highest BCUT2D eigenvalue weighted by atomic mass is 35.5. The smallest absolute Gasteiger partial charge is 0.243 e. The summed E-state index contributed by atoms with van der Waals surface area (Å²) < 4.78 is 48.5. The summed E-state index contributed by atoms with van der Waals surface area (Å²) in [5.74, 6) is -0.313. The topological polar surface area (TPSA) is 93.5 Å². The molecule has 1 aliphatic rings. The first-order valence-electron chi connectivity index (χ1n) is 10.6. The fourth-order valence-electron chi connectivity index (χ4n) is 3.83. The van der Waals surface area contributed by atoms with Crippen molar-refractivity contribution in [3.05, 3.63) is 53.1 Å². The Bertz CT molecular complexity index is 1290. The summed E-state index contributed by atoms with van der Waals surface area (Å²) in [5, 5.41) is 2.79. The summed E-state index contributed by atoms with van der Waals surface area (Å²) in [7, 11) is -3.64. The second-order valence-electron chi connectivity index (χ2n) is 7.61. The van der Waals surface area contributed by atoms with Gasteiger partial charge in [-0.15, -0.1) is 0 Å². The van der Waals surface area contributed by atoms with Crippen molar-refractivity contribution < 1.29 is 22.3 Å². The van der Waals surface area contributed by atoms with Crippen LogP contribution in [0.15, 0.2) is 41.3 Å². The van der Waals surface area contributed by atoms with Gasteiger partial charge < -0.3 is 14.6 Å². The highest BCUT2D eigenvalue weighted by Crippen LogP contribution is 2.24. The van der Waals surface area contributed by atoms with E-state index in [1.807, 2.05) is 11.5 Å². The molecule has 1 fully saturated rings. The minimum Gasteiger partial charge on any atom is -0.379 e. The van der Waals surface area contributed by atoms with E-state index < -0.39 is 15.8 Å². The second kappa shape index (κ2) is 9.76. The zero-order valence-corrected chi connectivity index (χ0v) is 19.6. The number of amides is 1. The van der Waals surface area contributed by atoms with Gasteiger partial charge in [-0.3, -0.25) is 4.79 Å². The second-order valence-corrected chi connectivity index (χ2v) is 9.99. The van der Waals surface area contributed by atoms with Gasteiger partial charge in [0.1, 0.15) is 11.6 Å². The Balaban J connectivity index is 1.52. The Kier molecular flexibility index (Phi) is 6.99. The molecule has 1 aliphatic heterocycles. The van der Waals surface area contributed by atoms with Gasteiger partial charge in [-0.25, -0.2) is 17.8 Å². The van der Waals surface area contributed by atoms with Crippen molar-refractivity contribution in [1.82, 2.24) is 13.9 Å². The lowest BCUT2D eigenvalue weighted by atomic mass is 10.2. The fraction of sp³-hybridized carbons (Fsp3) is 0.364. The van der Waals surface area contributed by atoms with Gasteiger partial charge in [0, 0.05) is 37.5 Å². The van der Waals surface area contributed by atoms with Gasteiger partial charge >= 0.3 is 0 Å². The minimum absolute atomic E-state index is 0.0614. The molecule has 0 bridgehead atoms. The highest BCUT2D eigenvalue weighted by Gasteiger charge is 2.27. The van der Waals surface area contributed by atoms with Gasteiger partial charge in [0.15, 0.2) is 0 Å². The molecule has 0 spiro atoms. The van der Waals surface area contributed by atoms with Crippen LogP contribution >= 0.6 is 11.6 Å². The molecule has 4 rings (SSSR count). The first kappa shape index (κ1) is 23.6. The van der Waals surface area contributed by atoms with Gasteiger partial charge in [-0.1, -0.05) is 11.6 Å². The molecular formula is C22H24ClFN4O4S. The Hall–Kier alpha value is -2.53. The average Bonchev–Trinajstić information content (AvgIpc) is 3.17. The van der Waals surface area contributed by atoms with E-state index in [-0.39, 0.29) is 27.9 Å². The average molecular weight is 495 g/mol. The molecule has 0 radical (unpaired) electrons. The number of morpholine rings is 1. The Labute approximate surface area is 196 Å². The van der Waals surface area contributed by atoms with E-state index in [0.717, 1.165) is 11.6 Å². The number of nitrogens with one attached hydrogen (secondary N) is 1. The third-order valence-corrected chi connectivity index (χ3v) is 7.63. The molecule has 1 aromatic heterocycles. The predicted molar refractivity (Wildman–Crippen MR) is 123 cm³/mol. The molecule has 1 saturated heterocycles. The predicted octanol–water partition coefficient (Wildman–Crippen LogP) is 3.44. The van der Waals surface area contributed by atoms with Crippen LogP contribution in [-0.2, 0) is 32.5 Å². The Morgan fingerprint density at radius 1 is 1.21 bits per heavy atom. The number of nitrogens with zero attached hydrogens (tertiary/aromatic N) is 3. The van der Waals surface area contributed by atoms with Crippen LogP contribution in [0.4, 0.5) is 10.1 Å². The maximum absolute atomic E-state index is 13.9. The van der Waals surface area contributed by atoms with E-state index in [9.17, 15) is 17.6 Å². The fourth-order valence-corrected chi connectivity index (χ4v) is 5.42. The number of aromatic nitrogens is 2. The number of anilines is 1. The van der Waals surface area contributed by atoms with Gasteiger partial charge in [0.05, 0.1) is 34.8 Å². The summed E-state index contributed by atoms with van der Waals surface area (Å²) in [6.45, 7) is 3.94. The lowest BCUT2D eigenvalue weighted by molar-refractivity contribution is -0.116. The van der Waals surface area contributed by atoms with Crippen LogP contribution in [0.2, 0.25) is 5.02 Å². The van der Waals surface area contributed by atoms with Crippen molar-refractivity contribution in [3.63, 3.8) is 0 Å². The number of halogens is 2. The van der Waals surface area contributed by atoms with Gasteiger partial charge in [-0.2, -0.15) is 4.31 Å². The molecule has 33 heavy (non-hydrogen) atoms. The maximum atomic E-state index is 13.9. The monoisotopic (exact) mass is 494 g/mol. The maximum Gasteiger partial charge on any atom is 0.243 e. The van der Waals surface area contributed by atoms with Crippen LogP contribution in [-0.4, -0.2) is 54.5 Å². The standard InChI is InChI=1S/C22H24ClFN4O4S/c1-2-28-20-6-4-16(33(30,31)27-9-11-32-12-10-27)14-19(20)25-21(28)7-8-22(29)26-18-5-3-15(23)13-17(18)24/h3-6,13-14H,2,7-12H2,1H3,(H,26,29). The van der Waals surface area contributed by atoms with Crippen molar-refractivity contribution in [1.29, 1.82) is 0 Å². The number of rotatable bonds is 7. The molecule has 1 N–H and O–H groups in total. The number of aryl methyl sites for hydroxylation is 2. The Morgan fingerprint density at radius 3 is 2.67 bits per heavy atom. The molecule has 0 atom stereocenters. The summed E-state index contributed by atoms with van der Waals surface area (Å²) in [4.78, 5) is 17.1. The minimum atomic E-state index is -3.64. The molecule has 8 nitrogen and oxygen atoms in total. The first-order chi connectivity index (χ1) is 15.8. The molecule has 0 aliphatic carbocycles. The first-order valence-corrected chi connectivity index (χ1v) is 12.4. The van der Waals surface area contributed by atoms with E-state index in [0.29, 0.717) is 50.6 Å². The van der Waals surface area contributed by atoms with Crippen molar-refractivity contribution in [2.75, 3.05) is 31.6 Å². The number of carbonyl (C=O) groups excluding carboxylic acids is 1. The van der Waals surface area contributed by atoms with E-state index in [1.54, 1.807) is 18.2 Å². The van der Waals surface area contributed by atoms with Crippen LogP contribution < -0.4 is 5.32 Å². The number of sulfonamides is 1. The third kappa shape index (κ3) is 5.03. The summed E-state index contributed by atoms with van der Waals surface area (Å²) >= 11 is 5.74. The van der Waals surface area contributed by atoms with E-state index >= 15 is 0 Å². The number of benzene rings is 2. The number of hydrogen-bond acceptors (Lipinski definition) is 5. The van der Waals surface area contributed by atoms with Gasteiger partial charge in [-0.05, 0) is 43.3 Å². The largest absolute Gasteiger partial charge is 0.379 e. The van der Waals surface area contributed by atoms with Crippen molar-refractivity contribution in [2.24, 2.45) is 0 Å². The van der Waals surface area contributed by atoms with Crippen LogP contribution in [0, 0.1) is 5.82 Å².